The maximum Gasteiger partial charge on any atom is 0.231 e. The Labute approximate surface area is 176 Å². The largest absolute Gasteiger partial charge is 0.496 e. The molecular formula is C26H24O4. The number of hydrogen-bond acceptors (Lipinski definition) is 4. The number of ketones is 1. The average Bonchev–Trinajstić information content (AvgIpc) is 3.07. The molecule has 0 saturated carbocycles. The number of para-hydroxylation sites is 1. The fourth-order valence-corrected chi connectivity index (χ4v) is 3.37. The molecule has 3 aromatic rings. The number of carbonyl (C=O) groups excluding carboxylic acids is 1. The highest BCUT2D eigenvalue weighted by molar-refractivity contribution is 6.14. The maximum atomic E-state index is 12.7. The van der Waals surface area contributed by atoms with Gasteiger partial charge in [0.05, 0.1) is 12.7 Å². The standard InChI is InChI=1S/C26H24O4/c1-17(2)19-10-8-18(9-11-19)14-25-26(27)22-13-12-21(15-24(22)30-25)29-16-20-6-4-5-7-23(20)28-3/h4-15,17H,16H2,1-3H3/b25-14-. The van der Waals surface area contributed by atoms with Gasteiger partial charge in [0.15, 0.2) is 5.76 Å². The SMILES string of the molecule is COc1ccccc1COc1ccc2c(c1)O/C(=C\c1ccc(C(C)C)cc1)C2=O. The fraction of sp³-hybridized carbons (Fsp3) is 0.192. The minimum atomic E-state index is -0.116. The first-order valence-electron chi connectivity index (χ1n) is 9.98. The van der Waals surface area contributed by atoms with Gasteiger partial charge in [-0.2, -0.15) is 0 Å². The third-order valence-corrected chi connectivity index (χ3v) is 5.13. The van der Waals surface area contributed by atoms with Gasteiger partial charge in [-0.15, -0.1) is 0 Å². The molecule has 0 bridgehead atoms. The molecule has 0 N–H and O–H groups in total. The Morgan fingerprint density at radius 1 is 1.00 bits per heavy atom. The minimum Gasteiger partial charge on any atom is -0.496 e. The summed E-state index contributed by atoms with van der Waals surface area (Å²) >= 11 is 0. The number of allylic oxidation sites excluding steroid dienone is 1. The van der Waals surface area contributed by atoms with Crippen LogP contribution < -0.4 is 14.2 Å². The van der Waals surface area contributed by atoms with Crippen molar-refractivity contribution in [3.8, 4) is 17.2 Å². The Morgan fingerprint density at radius 3 is 2.50 bits per heavy atom. The zero-order valence-corrected chi connectivity index (χ0v) is 17.3. The zero-order valence-electron chi connectivity index (χ0n) is 17.3. The third kappa shape index (κ3) is 4.08. The Hall–Kier alpha value is -3.53. The van der Waals surface area contributed by atoms with Crippen LogP contribution in [0.3, 0.4) is 0 Å². The molecule has 152 valence electrons. The lowest BCUT2D eigenvalue weighted by Gasteiger charge is -2.10. The van der Waals surface area contributed by atoms with Gasteiger partial charge in [0.25, 0.3) is 0 Å². The van der Waals surface area contributed by atoms with E-state index in [0.717, 1.165) is 16.9 Å². The first-order chi connectivity index (χ1) is 14.5. The molecule has 30 heavy (non-hydrogen) atoms. The summed E-state index contributed by atoms with van der Waals surface area (Å²) < 4.78 is 17.1. The smallest absolute Gasteiger partial charge is 0.231 e. The van der Waals surface area contributed by atoms with E-state index in [1.807, 2.05) is 36.4 Å². The number of carbonyl (C=O) groups is 1. The van der Waals surface area contributed by atoms with E-state index >= 15 is 0 Å². The Bertz CT molecular complexity index is 1090. The van der Waals surface area contributed by atoms with Crippen molar-refractivity contribution < 1.29 is 19.0 Å². The molecule has 4 nitrogen and oxygen atoms in total. The van der Waals surface area contributed by atoms with Gasteiger partial charge < -0.3 is 14.2 Å². The molecule has 0 fully saturated rings. The van der Waals surface area contributed by atoms with Gasteiger partial charge in [0, 0.05) is 11.6 Å². The van der Waals surface area contributed by atoms with Crippen molar-refractivity contribution in [1.29, 1.82) is 0 Å². The third-order valence-electron chi connectivity index (χ3n) is 5.13. The van der Waals surface area contributed by atoms with Crippen LogP contribution in [0, 0.1) is 0 Å². The van der Waals surface area contributed by atoms with Crippen LogP contribution in [0.2, 0.25) is 0 Å². The zero-order chi connectivity index (χ0) is 21.1. The van der Waals surface area contributed by atoms with E-state index in [0.29, 0.717) is 35.3 Å². The predicted octanol–water partition coefficient (Wildman–Crippen LogP) is 6.01. The number of fused-ring (bicyclic) bond motifs is 1. The second-order valence-electron chi connectivity index (χ2n) is 7.52. The van der Waals surface area contributed by atoms with Crippen molar-refractivity contribution in [1.82, 2.24) is 0 Å². The molecule has 0 saturated heterocycles. The Morgan fingerprint density at radius 2 is 1.77 bits per heavy atom. The van der Waals surface area contributed by atoms with Crippen LogP contribution in [0.15, 0.2) is 72.5 Å². The minimum absolute atomic E-state index is 0.116. The molecule has 0 radical (unpaired) electrons. The van der Waals surface area contributed by atoms with Gasteiger partial charge in [-0.1, -0.05) is 56.3 Å². The van der Waals surface area contributed by atoms with Gasteiger partial charge in [-0.25, -0.2) is 0 Å². The van der Waals surface area contributed by atoms with Gasteiger partial charge in [0.1, 0.15) is 23.9 Å². The number of methoxy groups -OCH3 is 1. The van der Waals surface area contributed by atoms with E-state index in [1.165, 1.54) is 5.56 Å². The van der Waals surface area contributed by atoms with Crippen LogP contribution in [-0.4, -0.2) is 12.9 Å². The van der Waals surface area contributed by atoms with E-state index in [2.05, 4.69) is 26.0 Å². The quantitative estimate of drug-likeness (QED) is 0.475. The number of Topliss-reactive ketones (excluding diaryl/α,β-unsaturated/α-hetero) is 1. The normalized spacial score (nSPS) is 14.0. The average molecular weight is 400 g/mol. The topological polar surface area (TPSA) is 44.8 Å². The van der Waals surface area contributed by atoms with Crippen molar-refractivity contribution >= 4 is 11.9 Å². The number of hydrogen-bond donors (Lipinski definition) is 0. The van der Waals surface area contributed by atoms with E-state index in [9.17, 15) is 4.79 Å². The first kappa shape index (κ1) is 19.8. The summed E-state index contributed by atoms with van der Waals surface area (Å²) in [6.07, 6.45) is 1.78. The van der Waals surface area contributed by atoms with Gasteiger partial charge in [0.2, 0.25) is 5.78 Å². The maximum absolute atomic E-state index is 12.7. The van der Waals surface area contributed by atoms with E-state index < -0.39 is 0 Å². The molecule has 3 aromatic carbocycles. The number of ether oxygens (including phenoxy) is 3. The molecule has 1 aliphatic heterocycles. The van der Waals surface area contributed by atoms with Gasteiger partial charge in [-0.3, -0.25) is 4.79 Å². The monoisotopic (exact) mass is 400 g/mol. The molecule has 0 atom stereocenters. The molecule has 4 heteroatoms. The van der Waals surface area contributed by atoms with Crippen molar-refractivity contribution in [2.75, 3.05) is 7.11 Å². The summed E-state index contributed by atoms with van der Waals surface area (Å²) in [5, 5.41) is 0. The van der Waals surface area contributed by atoms with Crippen LogP contribution in [0.4, 0.5) is 0 Å². The van der Waals surface area contributed by atoms with Gasteiger partial charge in [-0.05, 0) is 41.3 Å². The van der Waals surface area contributed by atoms with Crippen LogP contribution >= 0.6 is 0 Å². The highest BCUT2D eigenvalue weighted by Gasteiger charge is 2.27. The Kier molecular flexibility index (Phi) is 5.57. The second-order valence-corrected chi connectivity index (χ2v) is 7.52. The summed E-state index contributed by atoms with van der Waals surface area (Å²) in [6, 6.07) is 21.2. The molecule has 0 unspecified atom stereocenters. The first-order valence-corrected chi connectivity index (χ1v) is 9.98. The highest BCUT2D eigenvalue weighted by atomic mass is 16.5. The molecule has 0 aliphatic carbocycles. The molecule has 0 aromatic heterocycles. The number of rotatable bonds is 6. The summed E-state index contributed by atoms with van der Waals surface area (Å²) in [6.45, 7) is 4.67. The van der Waals surface area contributed by atoms with E-state index in [1.54, 1.807) is 31.4 Å². The summed E-state index contributed by atoms with van der Waals surface area (Å²) in [7, 11) is 1.64. The molecule has 0 spiro atoms. The highest BCUT2D eigenvalue weighted by Crippen LogP contribution is 2.35. The molecule has 0 amide bonds. The number of benzene rings is 3. The van der Waals surface area contributed by atoms with Crippen LogP contribution in [0.1, 0.15) is 46.8 Å². The lowest BCUT2D eigenvalue weighted by atomic mass is 10.0. The van der Waals surface area contributed by atoms with Crippen LogP contribution in [-0.2, 0) is 6.61 Å². The predicted molar refractivity (Wildman–Crippen MR) is 117 cm³/mol. The fourth-order valence-electron chi connectivity index (χ4n) is 3.37. The molecular weight excluding hydrogens is 376 g/mol. The van der Waals surface area contributed by atoms with Crippen LogP contribution in [0.5, 0.6) is 17.2 Å². The van der Waals surface area contributed by atoms with Gasteiger partial charge >= 0.3 is 0 Å². The lowest BCUT2D eigenvalue weighted by Crippen LogP contribution is -1.99. The summed E-state index contributed by atoms with van der Waals surface area (Å²) in [5.74, 6) is 2.60. The summed E-state index contributed by atoms with van der Waals surface area (Å²) in [4.78, 5) is 12.7. The van der Waals surface area contributed by atoms with Crippen molar-refractivity contribution in [3.63, 3.8) is 0 Å². The van der Waals surface area contributed by atoms with Crippen molar-refractivity contribution in [2.24, 2.45) is 0 Å². The lowest BCUT2D eigenvalue weighted by molar-refractivity contribution is 0.101. The van der Waals surface area contributed by atoms with E-state index in [-0.39, 0.29) is 5.78 Å². The Balaban J connectivity index is 1.49. The van der Waals surface area contributed by atoms with E-state index in [4.69, 9.17) is 14.2 Å². The van der Waals surface area contributed by atoms with Crippen LogP contribution in [0.25, 0.3) is 6.08 Å². The van der Waals surface area contributed by atoms with Crippen molar-refractivity contribution in [3.05, 3.63) is 94.7 Å². The molecule has 4 rings (SSSR count). The van der Waals surface area contributed by atoms with Crippen molar-refractivity contribution in [2.45, 2.75) is 26.4 Å². The molecule has 1 aliphatic rings. The second kappa shape index (κ2) is 8.46. The summed E-state index contributed by atoms with van der Waals surface area (Å²) in [5.41, 5.74) is 3.69. The molecule has 1 heterocycles.